The van der Waals surface area contributed by atoms with Gasteiger partial charge in [-0.05, 0) is 44.9 Å². The van der Waals surface area contributed by atoms with Gasteiger partial charge in [0.15, 0.2) is 5.52 Å². The average Bonchev–Trinajstić information content (AvgIpc) is 2.68. The van der Waals surface area contributed by atoms with E-state index in [-0.39, 0.29) is 11.0 Å². The minimum atomic E-state index is -1.46. The molecular formula is C25H43NO2PS+. The maximum atomic E-state index is 12.1. The molecule has 0 aromatic rings. The molecule has 0 aliphatic rings. The summed E-state index contributed by atoms with van der Waals surface area (Å²) in [5.74, 6) is 0. The quantitative estimate of drug-likeness (QED) is 0.114. The Balaban J connectivity index is 3.84. The Hall–Kier alpha value is -1.06. The fourth-order valence-electron chi connectivity index (χ4n) is 2.67. The molecule has 0 aromatic heterocycles. The zero-order valence-corrected chi connectivity index (χ0v) is 21.3. The lowest BCUT2D eigenvalue weighted by atomic mass is 10.2. The van der Waals surface area contributed by atoms with E-state index in [0.29, 0.717) is 17.4 Å². The van der Waals surface area contributed by atoms with Gasteiger partial charge in [-0.15, -0.1) is 0 Å². The minimum absolute atomic E-state index is 0.0156. The van der Waals surface area contributed by atoms with Gasteiger partial charge in [0.05, 0.1) is 21.1 Å². The van der Waals surface area contributed by atoms with Gasteiger partial charge in [0.2, 0.25) is 0 Å². The average molecular weight is 453 g/mol. The third-order valence-corrected chi connectivity index (χ3v) is 6.83. The molecule has 0 rings (SSSR count). The summed E-state index contributed by atoms with van der Waals surface area (Å²) >= 11 is 5.25. The number of unbranched alkanes of at least 4 members (excludes halogenated alkanes) is 4. The first-order chi connectivity index (χ1) is 14.3. The van der Waals surface area contributed by atoms with E-state index in [9.17, 15) is 9.90 Å². The molecule has 0 fully saturated rings. The second-order valence-electron chi connectivity index (χ2n) is 8.53. The lowest BCUT2D eigenvalue weighted by Gasteiger charge is -2.23. The standard InChI is InChI=1S/C25H42NO2PS/c1-5-6-7-8-9-10-11-12-13-14-15-16-17-18-19-20-21-22-24(27)29(30)25(28)23-26(2,3)4/h9-10,12-13,15-16,18-19H,5-8,11,14,17,20-23H2,1-4H3/p+1/b10-9-,13-12-,16-15-,19-18-. The number of likely N-dealkylation sites (N-methyl/N-ethyl adjacent to an activating group) is 1. The van der Waals surface area contributed by atoms with Crippen molar-refractivity contribution in [2.45, 2.75) is 71.1 Å². The molecule has 170 valence electrons. The van der Waals surface area contributed by atoms with E-state index in [1.54, 1.807) is 0 Å². The zero-order chi connectivity index (χ0) is 22.7. The van der Waals surface area contributed by atoms with E-state index in [0.717, 1.165) is 32.1 Å². The number of carbonyl (C=O) groups excluding carboxylic acids is 1. The van der Waals surface area contributed by atoms with Crippen molar-refractivity contribution in [2.75, 3.05) is 27.7 Å². The van der Waals surface area contributed by atoms with Gasteiger partial charge in [0.25, 0.3) is 0 Å². The van der Waals surface area contributed by atoms with Gasteiger partial charge >= 0.3 is 0 Å². The Morgan fingerprint density at radius 2 is 1.30 bits per heavy atom. The largest absolute Gasteiger partial charge is 0.355 e. The summed E-state index contributed by atoms with van der Waals surface area (Å²) in [5, 5.41) is 10.0. The smallest absolute Gasteiger partial charge is 0.190 e. The van der Waals surface area contributed by atoms with Crippen LogP contribution in [0, 0.1) is 0 Å². The highest BCUT2D eigenvalue weighted by Crippen LogP contribution is 2.17. The highest BCUT2D eigenvalue weighted by atomic mass is 32.4. The van der Waals surface area contributed by atoms with Gasteiger partial charge < -0.3 is 9.59 Å². The Labute approximate surface area is 190 Å². The Morgan fingerprint density at radius 1 is 0.833 bits per heavy atom. The molecule has 0 saturated carbocycles. The molecular weight excluding hydrogens is 409 g/mol. The topological polar surface area (TPSA) is 37.3 Å². The monoisotopic (exact) mass is 452 g/mol. The maximum Gasteiger partial charge on any atom is 0.190 e. The van der Waals surface area contributed by atoms with Crippen LogP contribution in [0.4, 0.5) is 0 Å². The summed E-state index contributed by atoms with van der Waals surface area (Å²) in [5.41, 5.74) is 0.192. The van der Waals surface area contributed by atoms with Crippen LogP contribution in [-0.4, -0.2) is 48.3 Å². The normalized spacial score (nSPS) is 13.9. The van der Waals surface area contributed by atoms with Crippen molar-refractivity contribution in [3.05, 3.63) is 48.6 Å². The number of allylic oxidation sites excluding steroid dienone is 8. The number of hydrogen-bond donors (Lipinski definition) is 1. The van der Waals surface area contributed by atoms with Gasteiger partial charge in [-0.2, -0.15) is 0 Å². The first kappa shape index (κ1) is 28.9. The van der Waals surface area contributed by atoms with Gasteiger partial charge in [0, 0.05) is 12.7 Å². The number of carbonyl (C=O) groups is 1. The number of aliphatic hydroxyl groups excluding tert-OH is 1. The third-order valence-electron chi connectivity index (χ3n) is 4.30. The molecule has 0 amide bonds. The van der Waals surface area contributed by atoms with Crippen LogP contribution in [-0.2, 0) is 16.6 Å². The van der Waals surface area contributed by atoms with E-state index in [2.05, 4.69) is 55.5 Å². The SMILES string of the molecule is CCCCC/C=C\C/C=C\C/C=C\C/C=C\CCCC(=O)/P(=S)=C(\O)C[N+](C)(C)C. The van der Waals surface area contributed by atoms with Crippen LogP contribution in [0.15, 0.2) is 48.6 Å². The Bertz CT molecular complexity index is 663. The number of quaternary nitrogens is 1. The Kier molecular flexibility index (Phi) is 18.0. The highest BCUT2D eigenvalue weighted by molar-refractivity contribution is 8.12. The fourth-order valence-corrected chi connectivity index (χ4v) is 4.31. The van der Waals surface area contributed by atoms with E-state index in [4.69, 9.17) is 11.8 Å². The molecule has 0 bridgehead atoms. The van der Waals surface area contributed by atoms with Crippen molar-refractivity contribution in [2.24, 2.45) is 0 Å². The fraction of sp³-hybridized carbons (Fsp3) is 0.600. The van der Waals surface area contributed by atoms with Crippen LogP contribution in [0.5, 0.6) is 0 Å². The van der Waals surface area contributed by atoms with Crippen LogP contribution in [0.3, 0.4) is 0 Å². The summed E-state index contributed by atoms with van der Waals surface area (Å²) in [6, 6.07) is 0. The lowest BCUT2D eigenvalue weighted by molar-refractivity contribution is -0.861. The molecule has 0 heterocycles. The Morgan fingerprint density at radius 3 is 1.77 bits per heavy atom. The second kappa shape index (κ2) is 18.7. The molecule has 0 aliphatic heterocycles. The van der Waals surface area contributed by atoms with Crippen LogP contribution in [0.1, 0.15) is 71.1 Å². The van der Waals surface area contributed by atoms with Crippen molar-refractivity contribution in [1.29, 1.82) is 0 Å². The zero-order valence-electron chi connectivity index (χ0n) is 19.6. The second-order valence-corrected chi connectivity index (χ2v) is 11.2. The molecule has 1 unspecified atom stereocenters. The molecule has 1 N–H and O–H groups in total. The predicted octanol–water partition coefficient (Wildman–Crippen LogP) is 6.81. The van der Waals surface area contributed by atoms with Crippen molar-refractivity contribution in [3.63, 3.8) is 0 Å². The van der Waals surface area contributed by atoms with Gasteiger partial charge in [-0.1, -0.05) is 80.2 Å². The van der Waals surface area contributed by atoms with Crippen LogP contribution in [0.25, 0.3) is 0 Å². The lowest BCUT2D eigenvalue weighted by Crippen LogP contribution is -2.39. The van der Waals surface area contributed by atoms with Crippen LogP contribution < -0.4 is 0 Å². The molecule has 0 saturated heterocycles. The number of rotatable bonds is 17. The van der Waals surface area contributed by atoms with Gasteiger partial charge in [-0.25, -0.2) is 0 Å². The van der Waals surface area contributed by atoms with E-state index in [1.165, 1.54) is 25.7 Å². The van der Waals surface area contributed by atoms with Crippen LogP contribution >= 0.6 is 6.32 Å². The molecule has 0 radical (unpaired) electrons. The van der Waals surface area contributed by atoms with Crippen LogP contribution in [0.2, 0.25) is 0 Å². The summed E-state index contributed by atoms with van der Waals surface area (Å²) in [6.45, 7) is 2.68. The molecule has 0 aliphatic carbocycles. The van der Waals surface area contributed by atoms with Crippen molar-refractivity contribution in [3.8, 4) is 0 Å². The molecule has 30 heavy (non-hydrogen) atoms. The van der Waals surface area contributed by atoms with E-state index in [1.807, 2.05) is 21.1 Å². The van der Waals surface area contributed by atoms with Gasteiger partial charge in [-0.3, -0.25) is 4.79 Å². The number of nitrogens with zero attached hydrogens (tertiary/aromatic N) is 1. The van der Waals surface area contributed by atoms with Crippen molar-refractivity contribution < 1.29 is 14.4 Å². The van der Waals surface area contributed by atoms with Crippen molar-refractivity contribution >= 4 is 29.1 Å². The summed E-state index contributed by atoms with van der Waals surface area (Å²) < 4.78 is 0.580. The van der Waals surface area contributed by atoms with E-state index < -0.39 is 6.32 Å². The first-order valence-corrected chi connectivity index (χ1v) is 13.6. The molecule has 1 atom stereocenters. The number of hydrogen-bond acceptors (Lipinski definition) is 2. The predicted molar refractivity (Wildman–Crippen MR) is 138 cm³/mol. The molecule has 3 nitrogen and oxygen atoms in total. The summed E-state index contributed by atoms with van der Waals surface area (Å²) in [4.78, 5) is 12.1. The summed E-state index contributed by atoms with van der Waals surface area (Å²) in [6.07, 6.45) is 26.3. The first-order valence-electron chi connectivity index (χ1n) is 11.2. The molecule has 0 spiro atoms. The molecule has 0 aromatic carbocycles. The summed E-state index contributed by atoms with van der Waals surface area (Å²) in [7, 11) is 5.92. The maximum absolute atomic E-state index is 12.1. The highest BCUT2D eigenvalue weighted by Gasteiger charge is 2.13. The van der Waals surface area contributed by atoms with Gasteiger partial charge in [0.1, 0.15) is 12.0 Å². The molecule has 5 heteroatoms. The third kappa shape index (κ3) is 18.9. The van der Waals surface area contributed by atoms with Crippen molar-refractivity contribution in [1.82, 2.24) is 0 Å². The van der Waals surface area contributed by atoms with E-state index >= 15 is 0 Å². The number of aliphatic hydroxyl groups is 1. The minimum Gasteiger partial charge on any atom is -0.355 e.